The fraction of sp³-hybridized carbons (Fsp3) is 0.143. The number of nitrogens with two attached hydrogens (primary N) is 2. The van der Waals surface area contributed by atoms with E-state index in [1.165, 1.54) is 5.56 Å². The molecular weight excluding hydrogens is 196 g/mol. The molecule has 82 valence electrons. The van der Waals surface area contributed by atoms with Crippen LogP contribution in [-0.4, -0.2) is 0 Å². The first-order valence-corrected chi connectivity index (χ1v) is 5.39. The van der Waals surface area contributed by atoms with Crippen molar-refractivity contribution in [2.45, 2.75) is 13.0 Å². The summed E-state index contributed by atoms with van der Waals surface area (Å²) < 4.78 is 0. The van der Waals surface area contributed by atoms with Crippen LogP contribution >= 0.6 is 0 Å². The molecule has 0 aromatic heterocycles. The highest BCUT2D eigenvalue weighted by Gasteiger charge is 2.08. The summed E-state index contributed by atoms with van der Waals surface area (Å²) in [6.07, 6.45) is 0. The van der Waals surface area contributed by atoms with E-state index in [-0.39, 0.29) is 6.04 Å². The molecule has 2 rings (SSSR count). The van der Waals surface area contributed by atoms with Gasteiger partial charge in [-0.25, -0.2) is 0 Å². The molecule has 0 radical (unpaired) electrons. The van der Waals surface area contributed by atoms with Gasteiger partial charge in [0.25, 0.3) is 0 Å². The van der Waals surface area contributed by atoms with Gasteiger partial charge in [-0.3, -0.25) is 0 Å². The number of benzene rings is 2. The van der Waals surface area contributed by atoms with Crippen molar-refractivity contribution in [1.82, 2.24) is 0 Å². The van der Waals surface area contributed by atoms with Crippen LogP contribution in [0.25, 0.3) is 11.1 Å². The van der Waals surface area contributed by atoms with Crippen molar-refractivity contribution < 1.29 is 0 Å². The Balaban J connectivity index is 2.57. The number of nitrogen functional groups attached to an aromatic ring is 1. The molecule has 0 spiro atoms. The van der Waals surface area contributed by atoms with Gasteiger partial charge in [-0.05, 0) is 35.7 Å². The molecule has 0 bridgehead atoms. The molecule has 2 nitrogen and oxygen atoms in total. The fourth-order valence-electron chi connectivity index (χ4n) is 1.84. The number of hydrogen-bond acceptors (Lipinski definition) is 2. The van der Waals surface area contributed by atoms with E-state index in [1.54, 1.807) is 0 Å². The largest absolute Gasteiger partial charge is 0.399 e. The van der Waals surface area contributed by atoms with E-state index in [2.05, 4.69) is 12.1 Å². The predicted octanol–water partition coefficient (Wildman–Crippen LogP) is 2.96. The van der Waals surface area contributed by atoms with Crippen molar-refractivity contribution in [3.05, 3.63) is 54.1 Å². The van der Waals surface area contributed by atoms with Crippen LogP contribution in [-0.2, 0) is 0 Å². The quantitative estimate of drug-likeness (QED) is 0.752. The first kappa shape index (κ1) is 10.7. The summed E-state index contributed by atoms with van der Waals surface area (Å²) in [5.41, 5.74) is 15.9. The summed E-state index contributed by atoms with van der Waals surface area (Å²) in [4.78, 5) is 0. The Morgan fingerprint density at radius 1 is 1.00 bits per heavy atom. The first-order valence-electron chi connectivity index (χ1n) is 5.39. The summed E-state index contributed by atoms with van der Waals surface area (Å²) in [5.74, 6) is 0. The van der Waals surface area contributed by atoms with Crippen molar-refractivity contribution in [3.63, 3.8) is 0 Å². The van der Waals surface area contributed by atoms with E-state index >= 15 is 0 Å². The normalized spacial score (nSPS) is 12.4. The Hall–Kier alpha value is -1.80. The zero-order valence-electron chi connectivity index (χ0n) is 9.35. The molecule has 0 aliphatic carbocycles. The van der Waals surface area contributed by atoms with Gasteiger partial charge in [0.15, 0.2) is 0 Å². The Labute approximate surface area is 95.9 Å². The number of anilines is 1. The molecule has 0 aliphatic heterocycles. The minimum Gasteiger partial charge on any atom is -0.399 e. The smallest absolute Gasteiger partial charge is 0.0317 e. The van der Waals surface area contributed by atoms with E-state index < -0.39 is 0 Å². The van der Waals surface area contributed by atoms with Gasteiger partial charge in [0.1, 0.15) is 0 Å². The third kappa shape index (κ3) is 2.07. The maximum Gasteiger partial charge on any atom is 0.0317 e. The molecule has 0 saturated heterocycles. The molecular formula is C14H16N2. The van der Waals surface area contributed by atoms with Gasteiger partial charge in [-0.2, -0.15) is 0 Å². The highest BCUT2D eigenvalue weighted by Crippen LogP contribution is 2.28. The van der Waals surface area contributed by atoms with Crippen molar-refractivity contribution in [3.8, 4) is 11.1 Å². The third-order valence-corrected chi connectivity index (χ3v) is 2.65. The van der Waals surface area contributed by atoms with Crippen molar-refractivity contribution >= 4 is 5.69 Å². The molecule has 1 atom stereocenters. The minimum absolute atomic E-state index is 0.0151. The molecule has 0 amide bonds. The topological polar surface area (TPSA) is 52.0 Å². The summed E-state index contributed by atoms with van der Waals surface area (Å²) in [5, 5.41) is 0. The van der Waals surface area contributed by atoms with E-state index in [0.29, 0.717) is 0 Å². The second-order valence-electron chi connectivity index (χ2n) is 4.00. The van der Waals surface area contributed by atoms with Gasteiger partial charge in [0.2, 0.25) is 0 Å². The summed E-state index contributed by atoms with van der Waals surface area (Å²) in [6, 6.07) is 16.1. The zero-order chi connectivity index (χ0) is 11.5. The molecule has 0 aliphatic rings. The van der Waals surface area contributed by atoms with Crippen LogP contribution in [0.2, 0.25) is 0 Å². The Bertz CT molecular complexity index is 475. The first-order chi connectivity index (χ1) is 7.68. The van der Waals surface area contributed by atoms with Crippen LogP contribution in [0.1, 0.15) is 18.5 Å². The molecule has 0 saturated carbocycles. The Morgan fingerprint density at radius 2 is 1.69 bits per heavy atom. The average molecular weight is 212 g/mol. The molecule has 16 heavy (non-hydrogen) atoms. The summed E-state index contributed by atoms with van der Waals surface area (Å²) in [7, 11) is 0. The molecule has 2 aromatic carbocycles. The molecule has 0 heterocycles. The number of hydrogen-bond donors (Lipinski definition) is 2. The van der Waals surface area contributed by atoms with Crippen LogP contribution in [0, 0.1) is 0 Å². The monoisotopic (exact) mass is 212 g/mol. The fourth-order valence-corrected chi connectivity index (χ4v) is 1.84. The van der Waals surface area contributed by atoms with Crippen LogP contribution in [0.4, 0.5) is 5.69 Å². The van der Waals surface area contributed by atoms with Gasteiger partial charge < -0.3 is 11.5 Å². The van der Waals surface area contributed by atoms with Gasteiger partial charge in [0.05, 0.1) is 0 Å². The summed E-state index contributed by atoms with van der Waals surface area (Å²) >= 11 is 0. The lowest BCUT2D eigenvalue weighted by molar-refractivity contribution is 0.821. The van der Waals surface area contributed by atoms with Crippen LogP contribution in [0.5, 0.6) is 0 Å². The Morgan fingerprint density at radius 3 is 2.31 bits per heavy atom. The van der Waals surface area contributed by atoms with Crippen LogP contribution in [0.15, 0.2) is 48.5 Å². The standard InChI is InChI=1S/C14H16N2/c1-10(15)14-9-12(16)7-8-13(14)11-5-3-2-4-6-11/h2-10H,15-16H2,1H3. The average Bonchev–Trinajstić information content (AvgIpc) is 2.30. The molecule has 2 heteroatoms. The van der Waals surface area contributed by atoms with E-state index in [1.807, 2.05) is 43.3 Å². The summed E-state index contributed by atoms with van der Waals surface area (Å²) in [6.45, 7) is 1.97. The lowest BCUT2D eigenvalue weighted by atomic mass is 9.95. The third-order valence-electron chi connectivity index (χ3n) is 2.65. The van der Waals surface area contributed by atoms with Crippen molar-refractivity contribution in [2.75, 3.05) is 5.73 Å². The lowest BCUT2D eigenvalue weighted by Gasteiger charge is -2.13. The van der Waals surface area contributed by atoms with Crippen molar-refractivity contribution in [1.29, 1.82) is 0 Å². The maximum atomic E-state index is 5.97. The van der Waals surface area contributed by atoms with E-state index in [9.17, 15) is 0 Å². The SMILES string of the molecule is CC(N)c1cc(N)ccc1-c1ccccc1. The highest BCUT2D eigenvalue weighted by atomic mass is 14.6. The van der Waals surface area contributed by atoms with E-state index in [4.69, 9.17) is 11.5 Å². The Kier molecular flexibility index (Phi) is 2.93. The van der Waals surface area contributed by atoms with Gasteiger partial charge in [-0.15, -0.1) is 0 Å². The number of rotatable bonds is 2. The minimum atomic E-state index is -0.0151. The molecule has 0 fully saturated rings. The predicted molar refractivity (Wildman–Crippen MR) is 68.9 cm³/mol. The highest BCUT2D eigenvalue weighted by molar-refractivity contribution is 5.70. The van der Waals surface area contributed by atoms with Gasteiger partial charge >= 0.3 is 0 Å². The van der Waals surface area contributed by atoms with Crippen LogP contribution in [0.3, 0.4) is 0 Å². The second kappa shape index (κ2) is 4.37. The molecule has 4 N–H and O–H groups in total. The van der Waals surface area contributed by atoms with Crippen LogP contribution < -0.4 is 11.5 Å². The zero-order valence-corrected chi connectivity index (χ0v) is 9.35. The lowest BCUT2D eigenvalue weighted by Crippen LogP contribution is -2.07. The van der Waals surface area contributed by atoms with Gasteiger partial charge in [-0.1, -0.05) is 36.4 Å². The molecule has 2 aromatic rings. The van der Waals surface area contributed by atoms with Crippen molar-refractivity contribution in [2.24, 2.45) is 5.73 Å². The maximum absolute atomic E-state index is 5.97. The second-order valence-corrected chi connectivity index (χ2v) is 4.00. The van der Waals surface area contributed by atoms with Gasteiger partial charge in [0, 0.05) is 11.7 Å². The molecule has 1 unspecified atom stereocenters. The van der Waals surface area contributed by atoms with E-state index in [0.717, 1.165) is 16.8 Å².